The first-order chi connectivity index (χ1) is 6.22. The zero-order chi connectivity index (χ0) is 9.42. The van der Waals surface area contributed by atoms with Crippen LogP contribution in [0, 0.1) is 6.92 Å². The lowest BCUT2D eigenvalue weighted by molar-refractivity contribution is 0.482. The van der Waals surface area contributed by atoms with Gasteiger partial charge in [-0.1, -0.05) is 13.0 Å². The van der Waals surface area contributed by atoms with Crippen LogP contribution in [0.1, 0.15) is 17.4 Å². The summed E-state index contributed by atoms with van der Waals surface area (Å²) in [5, 5.41) is 10.8. The Labute approximate surface area is 81.6 Å². The second kappa shape index (κ2) is 3.04. The maximum atomic E-state index is 9.61. The molecular weight excluding hydrogens is 180 g/mol. The highest BCUT2D eigenvalue weighted by Crippen LogP contribution is 2.34. The van der Waals surface area contributed by atoms with E-state index in [9.17, 15) is 5.11 Å². The van der Waals surface area contributed by atoms with Gasteiger partial charge in [0, 0.05) is 4.88 Å². The number of benzene rings is 1. The van der Waals surface area contributed by atoms with E-state index in [-0.39, 0.29) is 0 Å². The zero-order valence-corrected chi connectivity index (χ0v) is 8.61. The van der Waals surface area contributed by atoms with Crippen molar-refractivity contribution in [1.82, 2.24) is 0 Å². The van der Waals surface area contributed by atoms with Crippen LogP contribution in [0.3, 0.4) is 0 Å². The highest BCUT2D eigenvalue weighted by molar-refractivity contribution is 7.19. The predicted molar refractivity (Wildman–Crippen MR) is 57.6 cm³/mol. The minimum Gasteiger partial charge on any atom is -0.506 e. The second-order valence-electron chi connectivity index (χ2n) is 3.20. The Kier molecular flexibility index (Phi) is 2.00. The van der Waals surface area contributed by atoms with Crippen molar-refractivity contribution in [2.24, 2.45) is 0 Å². The summed E-state index contributed by atoms with van der Waals surface area (Å²) in [5.41, 5.74) is 1.32. The van der Waals surface area contributed by atoms with Gasteiger partial charge in [0.15, 0.2) is 0 Å². The lowest BCUT2D eigenvalue weighted by Crippen LogP contribution is -1.79. The van der Waals surface area contributed by atoms with E-state index < -0.39 is 0 Å². The van der Waals surface area contributed by atoms with Crippen LogP contribution in [-0.4, -0.2) is 5.11 Å². The highest BCUT2D eigenvalue weighted by atomic mass is 32.1. The summed E-state index contributed by atoms with van der Waals surface area (Å²) in [7, 11) is 0. The Morgan fingerprint density at radius 3 is 2.85 bits per heavy atom. The maximum Gasteiger partial charge on any atom is 0.133 e. The Balaban J connectivity index is 2.83. The SMILES string of the molecule is CCc1ccc(O)c2sc(C)cc12. The van der Waals surface area contributed by atoms with Gasteiger partial charge in [-0.05, 0) is 36.4 Å². The number of aromatic hydroxyl groups is 1. The molecule has 0 saturated carbocycles. The van der Waals surface area contributed by atoms with Gasteiger partial charge in [-0.15, -0.1) is 11.3 Å². The largest absolute Gasteiger partial charge is 0.506 e. The van der Waals surface area contributed by atoms with E-state index in [2.05, 4.69) is 19.9 Å². The number of phenolic OH excluding ortho intramolecular Hbond substituents is 1. The number of thiophene rings is 1. The van der Waals surface area contributed by atoms with Gasteiger partial charge in [-0.2, -0.15) is 0 Å². The maximum absolute atomic E-state index is 9.61. The molecule has 0 aliphatic heterocycles. The van der Waals surface area contributed by atoms with E-state index in [0.29, 0.717) is 5.75 Å². The van der Waals surface area contributed by atoms with Gasteiger partial charge in [0.2, 0.25) is 0 Å². The molecule has 13 heavy (non-hydrogen) atoms. The van der Waals surface area contributed by atoms with Crippen LogP contribution < -0.4 is 0 Å². The summed E-state index contributed by atoms with van der Waals surface area (Å²) < 4.78 is 1.02. The predicted octanol–water partition coefficient (Wildman–Crippen LogP) is 3.48. The van der Waals surface area contributed by atoms with E-state index in [0.717, 1.165) is 11.1 Å². The molecule has 0 aliphatic carbocycles. The molecule has 1 aromatic carbocycles. The molecule has 0 spiro atoms. The molecule has 1 heterocycles. The van der Waals surface area contributed by atoms with Crippen molar-refractivity contribution in [2.75, 3.05) is 0 Å². The van der Waals surface area contributed by atoms with E-state index in [1.54, 1.807) is 17.4 Å². The Hall–Kier alpha value is -1.02. The average Bonchev–Trinajstić information content (AvgIpc) is 2.48. The van der Waals surface area contributed by atoms with Crippen LogP contribution in [0.2, 0.25) is 0 Å². The molecule has 0 amide bonds. The quantitative estimate of drug-likeness (QED) is 0.733. The van der Waals surface area contributed by atoms with Crippen LogP contribution in [0.15, 0.2) is 18.2 Å². The number of fused-ring (bicyclic) bond motifs is 1. The first-order valence-corrected chi connectivity index (χ1v) is 5.25. The van der Waals surface area contributed by atoms with Crippen LogP contribution in [0.25, 0.3) is 10.1 Å². The first kappa shape index (κ1) is 8.57. The molecule has 1 nitrogen and oxygen atoms in total. The van der Waals surface area contributed by atoms with Crippen molar-refractivity contribution in [2.45, 2.75) is 20.3 Å². The molecule has 68 valence electrons. The van der Waals surface area contributed by atoms with Crippen molar-refractivity contribution in [1.29, 1.82) is 0 Å². The van der Waals surface area contributed by atoms with E-state index >= 15 is 0 Å². The summed E-state index contributed by atoms with van der Waals surface area (Å²) in [4.78, 5) is 1.26. The lowest BCUT2D eigenvalue weighted by atomic mass is 10.1. The molecule has 2 aromatic rings. The summed E-state index contributed by atoms with van der Waals surface area (Å²) in [6.45, 7) is 4.21. The molecule has 2 heteroatoms. The van der Waals surface area contributed by atoms with Gasteiger partial charge in [0.05, 0.1) is 4.70 Å². The molecule has 0 saturated heterocycles. The van der Waals surface area contributed by atoms with Gasteiger partial charge in [0.1, 0.15) is 5.75 Å². The molecule has 1 aromatic heterocycles. The third-order valence-corrected chi connectivity index (χ3v) is 3.33. The fraction of sp³-hybridized carbons (Fsp3) is 0.273. The van der Waals surface area contributed by atoms with Crippen molar-refractivity contribution in [3.63, 3.8) is 0 Å². The molecule has 2 rings (SSSR count). The topological polar surface area (TPSA) is 20.2 Å². The van der Waals surface area contributed by atoms with E-state index in [1.807, 2.05) is 6.07 Å². The standard InChI is InChI=1S/C11H12OS/c1-3-8-4-5-10(12)11-9(8)6-7(2)13-11/h4-6,12H,3H2,1-2H3. The molecule has 0 atom stereocenters. The minimum absolute atomic E-state index is 0.408. The fourth-order valence-electron chi connectivity index (χ4n) is 1.60. The third-order valence-electron chi connectivity index (χ3n) is 2.26. The number of rotatable bonds is 1. The summed E-state index contributed by atoms with van der Waals surface area (Å²) in [5.74, 6) is 0.408. The monoisotopic (exact) mass is 192 g/mol. The van der Waals surface area contributed by atoms with Crippen molar-refractivity contribution < 1.29 is 5.11 Å². The van der Waals surface area contributed by atoms with Crippen LogP contribution in [-0.2, 0) is 6.42 Å². The minimum atomic E-state index is 0.408. The van der Waals surface area contributed by atoms with Crippen LogP contribution in [0.5, 0.6) is 5.75 Å². The zero-order valence-electron chi connectivity index (χ0n) is 7.79. The van der Waals surface area contributed by atoms with Crippen LogP contribution >= 0.6 is 11.3 Å². The van der Waals surface area contributed by atoms with Gasteiger partial charge in [0.25, 0.3) is 0 Å². The number of hydrogen-bond donors (Lipinski definition) is 1. The highest BCUT2D eigenvalue weighted by Gasteiger charge is 2.06. The molecule has 0 bridgehead atoms. The summed E-state index contributed by atoms with van der Waals surface area (Å²) >= 11 is 1.66. The van der Waals surface area contributed by atoms with E-state index in [1.165, 1.54) is 15.8 Å². The smallest absolute Gasteiger partial charge is 0.133 e. The summed E-state index contributed by atoms with van der Waals surface area (Å²) in [6.07, 6.45) is 1.02. The van der Waals surface area contributed by atoms with Gasteiger partial charge in [-0.3, -0.25) is 0 Å². The normalized spacial score (nSPS) is 10.9. The number of aryl methyl sites for hydroxylation is 2. The Morgan fingerprint density at radius 1 is 1.38 bits per heavy atom. The molecule has 0 aliphatic rings. The Morgan fingerprint density at radius 2 is 2.15 bits per heavy atom. The van der Waals surface area contributed by atoms with Crippen LogP contribution in [0.4, 0.5) is 0 Å². The van der Waals surface area contributed by atoms with E-state index in [4.69, 9.17) is 0 Å². The van der Waals surface area contributed by atoms with Crippen molar-refractivity contribution in [3.8, 4) is 5.75 Å². The molecule has 0 fully saturated rings. The third kappa shape index (κ3) is 1.31. The Bertz CT molecular complexity index is 443. The second-order valence-corrected chi connectivity index (χ2v) is 4.45. The molecule has 1 N–H and O–H groups in total. The molecular formula is C11H12OS. The first-order valence-electron chi connectivity index (χ1n) is 4.43. The van der Waals surface area contributed by atoms with Gasteiger partial charge >= 0.3 is 0 Å². The molecule has 0 unspecified atom stereocenters. The number of phenols is 1. The average molecular weight is 192 g/mol. The summed E-state index contributed by atoms with van der Waals surface area (Å²) in [6, 6.07) is 5.94. The van der Waals surface area contributed by atoms with Gasteiger partial charge < -0.3 is 5.11 Å². The molecule has 0 radical (unpaired) electrons. The van der Waals surface area contributed by atoms with Crippen molar-refractivity contribution >= 4 is 21.4 Å². The lowest BCUT2D eigenvalue weighted by Gasteiger charge is -2.00. The van der Waals surface area contributed by atoms with Crippen molar-refractivity contribution in [3.05, 3.63) is 28.6 Å². The fourth-order valence-corrected chi connectivity index (χ4v) is 2.57. The van der Waals surface area contributed by atoms with Gasteiger partial charge in [-0.25, -0.2) is 0 Å². The number of hydrogen-bond acceptors (Lipinski definition) is 2.